The predicted molar refractivity (Wildman–Crippen MR) is 141 cm³/mol. The number of ketones is 1. The molecule has 0 aliphatic rings. The molecule has 0 atom stereocenters. The van der Waals surface area contributed by atoms with Crippen LogP contribution in [0, 0.1) is 0 Å². The minimum Gasteiger partial charge on any atom is -0.494 e. The van der Waals surface area contributed by atoms with Crippen LogP contribution in [0.25, 0.3) is 10.8 Å². The average Bonchev–Trinajstić information content (AvgIpc) is 2.88. The van der Waals surface area contributed by atoms with E-state index in [1.165, 1.54) is 25.1 Å². The molecule has 0 bridgehead atoms. The molecule has 0 heterocycles. The molecule has 1 N–H and O–H groups in total. The Bertz CT molecular complexity index is 1490. The van der Waals surface area contributed by atoms with Gasteiger partial charge in [-0.05, 0) is 73.8 Å². The van der Waals surface area contributed by atoms with Crippen LogP contribution in [0.2, 0.25) is 0 Å². The van der Waals surface area contributed by atoms with Gasteiger partial charge < -0.3 is 10.1 Å². The molecule has 7 nitrogen and oxygen atoms in total. The molecule has 0 radical (unpaired) electrons. The topological polar surface area (TPSA) is 92.8 Å². The number of hydrogen-bond donors (Lipinski definition) is 1. The molecular weight excluding hydrogens is 476 g/mol. The number of sulfonamides is 1. The molecule has 0 spiro atoms. The van der Waals surface area contributed by atoms with Gasteiger partial charge in [0.05, 0.1) is 17.2 Å². The molecule has 0 unspecified atom stereocenters. The summed E-state index contributed by atoms with van der Waals surface area (Å²) in [5.74, 6) is 0.0121. The van der Waals surface area contributed by atoms with Gasteiger partial charge in [-0.15, -0.1) is 0 Å². The SMILES string of the molecule is CCOc1ccc(NC(=O)CN(c2ccc(C(C)=O)cc2)S(=O)(=O)c2cccc3ccccc23)cc1. The van der Waals surface area contributed by atoms with Crippen LogP contribution in [-0.2, 0) is 14.8 Å². The molecule has 0 saturated heterocycles. The van der Waals surface area contributed by atoms with Crippen molar-refractivity contribution in [2.75, 3.05) is 22.8 Å². The number of carbonyl (C=O) groups excluding carboxylic acids is 2. The lowest BCUT2D eigenvalue weighted by molar-refractivity contribution is -0.114. The fourth-order valence-corrected chi connectivity index (χ4v) is 5.49. The number of Topliss-reactive ketones (excluding diaryl/α,β-unsaturated/α-hetero) is 1. The van der Waals surface area contributed by atoms with Gasteiger partial charge in [-0.25, -0.2) is 8.42 Å². The summed E-state index contributed by atoms with van der Waals surface area (Å²) >= 11 is 0. The summed E-state index contributed by atoms with van der Waals surface area (Å²) in [7, 11) is -4.15. The number of fused-ring (bicyclic) bond motifs is 1. The van der Waals surface area contributed by atoms with Gasteiger partial charge in [-0.3, -0.25) is 13.9 Å². The molecule has 36 heavy (non-hydrogen) atoms. The van der Waals surface area contributed by atoms with Crippen LogP contribution < -0.4 is 14.4 Å². The highest BCUT2D eigenvalue weighted by Gasteiger charge is 2.29. The summed E-state index contributed by atoms with van der Waals surface area (Å²) < 4.78 is 34.3. The normalized spacial score (nSPS) is 11.2. The number of nitrogens with zero attached hydrogens (tertiary/aromatic N) is 1. The van der Waals surface area contributed by atoms with E-state index in [0.717, 1.165) is 9.69 Å². The van der Waals surface area contributed by atoms with Crippen LogP contribution in [-0.4, -0.2) is 33.3 Å². The maximum absolute atomic E-state index is 13.9. The fourth-order valence-electron chi connectivity index (χ4n) is 3.85. The summed E-state index contributed by atoms with van der Waals surface area (Å²) in [6.45, 7) is 3.38. The third-order valence-electron chi connectivity index (χ3n) is 5.62. The standard InChI is InChI=1S/C28H26N2O5S/c1-3-35-25-17-13-23(14-18-25)29-28(32)19-30(24-15-11-21(12-16-24)20(2)31)36(33,34)27-10-6-8-22-7-4-5-9-26(22)27/h4-18H,3,19H2,1-2H3,(H,29,32). The van der Waals surface area contributed by atoms with Gasteiger partial charge in [0.1, 0.15) is 12.3 Å². The van der Waals surface area contributed by atoms with Gasteiger partial charge in [-0.1, -0.05) is 36.4 Å². The number of nitrogens with one attached hydrogen (secondary N) is 1. The molecule has 1 amide bonds. The highest BCUT2D eigenvalue weighted by atomic mass is 32.2. The Morgan fingerprint density at radius 2 is 1.53 bits per heavy atom. The first kappa shape index (κ1) is 24.9. The van der Waals surface area contributed by atoms with E-state index < -0.39 is 22.5 Å². The molecule has 0 saturated carbocycles. The lowest BCUT2D eigenvalue weighted by atomic mass is 10.1. The highest BCUT2D eigenvalue weighted by molar-refractivity contribution is 7.93. The van der Waals surface area contributed by atoms with Crippen molar-refractivity contribution in [3.05, 3.63) is 96.6 Å². The predicted octanol–water partition coefficient (Wildman–Crippen LogP) is 5.28. The highest BCUT2D eigenvalue weighted by Crippen LogP contribution is 2.29. The van der Waals surface area contributed by atoms with Crippen LogP contribution in [0.15, 0.2) is 95.9 Å². The number of anilines is 2. The lowest BCUT2D eigenvalue weighted by Crippen LogP contribution is -2.38. The summed E-state index contributed by atoms with van der Waals surface area (Å²) in [6, 6.07) is 25.2. The molecule has 0 aliphatic heterocycles. The number of benzene rings is 4. The van der Waals surface area contributed by atoms with Crippen LogP contribution in [0.1, 0.15) is 24.2 Å². The van der Waals surface area contributed by atoms with E-state index in [0.29, 0.717) is 29.0 Å². The number of carbonyl (C=O) groups is 2. The maximum atomic E-state index is 13.9. The zero-order valence-corrected chi connectivity index (χ0v) is 20.8. The minimum atomic E-state index is -4.15. The van der Waals surface area contributed by atoms with Crippen LogP contribution in [0.3, 0.4) is 0 Å². The van der Waals surface area contributed by atoms with Gasteiger partial charge in [0, 0.05) is 16.6 Å². The summed E-state index contributed by atoms with van der Waals surface area (Å²) in [5.41, 5.74) is 1.23. The first-order valence-electron chi connectivity index (χ1n) is 11.4. The monoisotopic (exact) mass is 502 g/mol. The Labute approximate surface area is 210 Å². The molecule has 0 aromatic heterocycles. The molecular formula is C28H26N2O5S. The molecule has 0 aliphatic carbocycles. The Hall–Kier alpha value is -4.17. The Balaban J connectivity index is 1.70. The van der Waals surface area contributed by atoms with Crippen molar-refractivity contribution < 1.29 is 22.7 Å². The fraction of sp³-hybridized carbons (Fsp3) is 0.143. The van der Waals surface area contributed by atoms with Gasteiger partial charge >= 0.3 is 0 Å². The van der Waals surface area contributed by atoms with Crippen LogP contribution in [0.4, 0.5) is 11.4 Å². The van der Waals surface area contributed by atoms with E-state index in [1.54, 1.807) is 54.6 Å². The van der Waals surface area contributed by atoms with Crippen molar-refractivity contribution in [3.8, 4) is 5.75 Å². The molecule has 4 aromatic rings. The average molecular weight is 503 g/mol. The second-order valence-corrected chi connectivity index (χ2v) is 9.93. The number of hydrogen-bond acceptors (Lipinski definition) is 5. The number of ether oxygens (including phenoxy) is 1. The summed E-state index contributed by atoms with van der Waals surface area (Å²) in [5, 5.41) is 4.07. The Kier molecular flexibility index (Phi) is 7.36. The summed E-state index contributed by atoms with van der Waals surface area (Å²) in [6.07, 6.45) is 0. The molecule has 4 rings (SSSR count). The van der Waals surface area contributed by atoms with E-state index >= 15 is 0 Å². The molecule has 184 valence electrons. The van der Waals surface area contributed by atoms with Crippen LogP contribution in [0.5, 0.6) is 5.75 Å². The zero-order valence-electron chi connectivity index (χ0n) is 20.0. The van der Waals surface area contributed by atoms with Crippen molar-refractivity contribution in [2.24, 2.45) is 0 Å². The van der Waals surface area contributed by atoms with Crippen molar-refractivity contribution in [1.29, 1.82) is 0 Å². The van der Waals surface area contributed by atoms with E-state index in [9.17, 15) is 18.0 Å². The molecule has 8 heteroatoms. The largest absolute Gasteiger partial charge is 0.494 e. The first-order valence-corrected chi connectivity index (χ1v) is 12.9. The van der Waals surface area contributed by atoms with Crippen LogP contribution >= 0.6 is 0 Å². The van der Waals surface area contributed by atoms with Gasteiger partial charge in [0.25, 0.3) is 10.0 Å². The number of amides is 1. The Morgan fingerprint density at radius 3 is 2.19 bits per heavy atom. The first-order chi connectivity index (χ1) is 17.3. The van der Waals surface area contributed by atoms with Crippen molar-refractivity contribution in [3.63, 3.8) is 0 Å². The molecule has 0 fully saturated rings. The van der Waals surface area contributed by atoms with Gasteiger partial charge in [0.2, 0.25) is 5.91 Å². The maximum Gasteiger partial charge on any atom is 0.265 e. The Morgan fingerprint density at radius 1 is 0.861 bits per heavy atom. The van der Waals surface area contributed by atoms with Gasteiger partial charge in [-0.2, -0.15) is 0 Å². The van der Waals surface area contributed by atoms with Crippen molar-refractivity contribution >= 4 is 43.9 Å². The second kappa shape index (κ2) is 10.6. The van der Waals surface area contributed by atoms with E-state index in [4.69, 9.17) is 4.74 Å². The second-order valence-electron chi connectivity index (χ2n) is 8.10. The van der Waals surface area contributed by atoms with Gasteiger partial charge in [0.15, 0.2) is 5.78 Å². The lowest BCUT2D eigenvalue weighted by Gasteiger charge is -2.25. The van der Waals surface area contributed by atoms with Crippen molar-refractivity contribution in [2.45, 2.75) is 18.7 Å². The summed E-state index contributed by atoms with van der Waals surface area (Å²) in [4.78, 5) is 24.8. The molecule has 4 aromatic carbocycles. The van der Waals surface area contributed by atoms with E-state index in [2.05, 4.69) is 5.32 Å². The van der Waals surface area contributed by atoms with Crippen molar-refractivity contribution in [1.82, 2.24) is 0 Å². The third kappa shape index (κ3) is 5.39. The third-order valence-corrected chi connectivity index (χ3v) is 7.45. The number of rotatable bonds is 9. The smallest absolute Gasteiger partial charge is 0.265 e. The van der Waals surface area contributed by atoms with E-state index in [-0.39, 0.29) is 16.4 Å². The van der Waals surface area contributed by atoms with E-state index in [1.807, 2.05) is 25.1 Å². The minimum absolute atomic E-state index is 0.0881. The zero-order chi connectivity index (χ0) is 25.7. The quantitative estimate of drug-likeness (QED) is 0.315.